The van der Waals surface area contributed by atoms with E-state index in [2.05, 4.69) is 4.72 Å². The molecule has 0 amide bonds. The molecule has 5 nitrogen and oxygen atoms in total. The van der Waals surface area contributed by atoms with Gasteiger partial charge in [0.1, 0.15) is 0 Å². The molecule has 1 aliphatic rings. The summed E-state index contributed by atoms with van der Waals surface area (Å²) in [6.07, 6.45) is 2.77. The standard InChI is InChI=1S/C14H23N3O2S.ClH/c1-3-17(4-2)20(18,19)16-14-7-5-6-11-10-12(15)8-9-13(11)14;/h8-10,14,16H,3-7,15H2,1-2H3;1H. The minimum atomic E-state index is -3.42. The predicted molar refractivity (Wildman–Crippen MR) is 88.8 cm³/mol. The van der Waals surface area contributed by atoms with Crippen LogP contribution >= 0.6 is 12.4 Å². The number of anilines is 1. The molecule has 2 rings (SSSR count). The molecule has 3 N–H and O–H groups in total. The molecule has 0 radical (unpaired) electrons. The van der Waals surface area contributed by atoms with Gasteiger partial charge in [0.25, 0.3) is 10.2 Å². The van der Waals surface area contributed by atoms with E-state index in [-0.39, 0.29) is 18.4 Å². The van der Waals surface area contributed by atoms with Gasteiger partial charge in [-0.3, -0.25) is 0 Å². The van der Waals surface area contributed by atoms with Crippen molar-refractivity contribution in [3.63, 3.8) is 0 Å². The van der Waals surface area contributed by atoms with Crippen LogP contribution in [0.3, 0.4) is 0 Å². The highest BCUT2D eigenvalue weighted by molar-refractivity contribution is 7.87. The molecule has 7 heteroatoms. The summed E-state index contributed by atoms with van der Waals surface area (Å²) in [6, 6.07) is 5.58. The number of nitrogens with one attached hydrogen (secondary N) is 1. The summed E-state index contributed by atoms with van der Waals surface area (Å²) < 4.78 is 28.9. The van der Waals surface area contributed by atoms with E-state index in [1.807, 2.05) is 32.0 Å². The molecule has 1 aromatic carbocycles. The number of nitrogens with two attached hydrogens (primary N) is 1. The van der Waals surface area contributed by atoms with Gasteiger partial charge >= 0.3 is 0 Å². The monoisotopic (exact) mass is 333 g/mol. The third kappa shape index (κ3) is 4.10. The molecule has 0 saturated carbocycles. The molecule has 1 atom stereocenters. The fourth-order valence-corrected chi connectivity index (χ4v) is 4.21. The zero-order chi connectivity index (χ0) is 14.8. The first-order valence-electron chi connectivity index (χ1n) is 7.13. The van der Waals surface area contributed by atoms with Gasteiger partial charge < -0.3 is 5.73 Å². The summed E-state index contributed by atoms with van der Waals surface area (Å²) in [5, 5.41) is 0. The molecule has 0 saturated heterocycles. The predicted octanol–water partition coefficient (Wildman–Crippen LogP) is 2.24. The number of fused-ring (bicyclic) bond motifs is 1. The molecule has 1 aliphatic carbocycles. The molecule has 1 aromatic rings. The van der Waals surface area contributed by atoms with Crippen LogP contribution in [0.1, 0.15) is 43.9 Å². The van der Waals surface area contributed by atoms with Crippen LogP contribution < -0.4 is 10.5 Å². The fraction of sp³-hybridized carbons (Fsp3) is 0.571. The number of aryl methyl sites for hydroxylation is 1. The fourth-order valence-electron chi connectivity index (χ4n) is 2.77. The van der Waals surface area contributed by atoms with Crippen molar-refractivity contribution in [1.82, 2.24) is 9.03 Å². The Labute approximate surface area is 133 Å². The molecule has 120 valence electrons. The quantitative estimate of drug-likeness (QED) is 0.811. The van der Waals surface area contributed by atoms with Crippen LogP contribution in [-0.2, 0) is 16.6 Å². The first kappa shape index (κ1) is 18.2. The Bertz CT molecular complexity index is 574. The van der Waals surface area contributed by atoms with Crippen molar-refractivity contribution in [3.05, 3.63) is 29.3 Å². The second-order valence-electron chi connectivity index (χ2n) is 5.11. The second-order valence-corrected chi connectivity index (χ2v) is 6.81. The summed E-state index contributed by atoms with van der Waals surface area (Å²) in [5.74, 6) is 0. The van der Waals surface area contributed by atoms with Crippen LogP contribution in [0.2, 0.25) is 0 Å². The Kier molecular flexibility index (Phi) is 6.46. The minimum absolute atomic E-state index is 0. The zero-order valence-corrected chi connectivity index (χ0v) is 14.1. The van der Waals surface area contributed by atoms with Crippen molar-refractivity contribution in [2.75, 3.05) is 18.8 Å². The lowest BCUT2D eigenvalue weighted by Crippen LogP contribution is -2.42. The van der Waals surface area contributed by atoms with Crippen LogP contribution in [0.25, 0.3) is 0 Å². The lowest BCUT2D eigenvalue weighted by molar-refractivity contribution is 0.417. The van der Waals surface area contributed by atoms with Gasteiger partial charge in [0.15, 0.2) is 0 Å². The molecule has 0 fully saturated rings. The van der Waals surface area contributed by atoms with E-state index in [1.54, 1.807) is 0 Å². The number of nitrogens with zero attached hydrogens (tertiary/aromatic N) is 1. The van der Waals surface area contributed by atoms with Crippen molar-refractivity contribution < 1.29 is 8.42 Å². The molecule has 0 aromatic heterocycles. The van der Waals surface area contributed by atoms with E-state index in [1.165, 1.54) is 4.31 Å². The largest absolute Gasteiger partial charge is 0.399 e. The van der Waals surface area contributed by atoms with Crippen molar-refractivity contribution >= 4 is 28.3 Å². The number of halogens is 1. The van der Waals surface area contributed by atoms with Crippen molar-refractivity contribution in [2.24, 2.45) is 0 Å². The molecular formula is C14H24ClN3O2S. The number of hydrogen-bond donors (Lipinski definition) is 2. The Morgan fingerprint density at radius 1 is 1.33 bits per heavy atom. The summed E-state index contributed by atoms with van der Waals surface area (Å²) in [6.45, 7) is 4.65. The maximum Gasteiger partial charge on any atom is 0.279 e. The van der Waals surface area contributed by atoms with Crippen LogP contribution in [0.4, 0.5) is 5.69 Å². The van der Waals surface area contributed by atoms with E-state index in [9.17, 15) is 8.42 Å². The van der Waals surface area contributed by atoms with Gasteiger partial charge in [-0.25, -0.2) is 0 Å². The molecule has 0 aliphatic heterocycles. The summed E-state index contributed by atoms with van der Waals surface area (Å²) in [7, 11) is -3.42. The molecule has 0 bridgehead atoms. The lowest BCUT2D eigenvalue weighted by atomic mass is 9.88. The van der Waals surface area contributed by atoms with Gasteiger partial charge in [-0.15, -0.1) is 12.4 Å². The highest BCUT2D eigenvalue weighted by Gasteiger charge is 2.27. The summed E-state index contributed by atoms with van der Waals surface area (Å²) in [4.78, 5) is 0. The maximum absolute atomic E-state index is 12.3. The van der Waals surface area contributed by atoms with Crippen molar-refractivity contribution in [2.45, 2.75) is 39.2 Å². The molecule has 21 heavy (non-hydrogen) atoms. The Morgan fingerprint density at radius 3 is 2.62 bits per heavy atom. The number of hydrogen-bond acceptors (Lipinski definition) is 3. The van der Waals surface area contributed by atoms with Gasteiger partial charge in [0.2, 0.25) is 0 Å². The average Bonchev–Trinajstić information content (AvgIpc) is 2.39. The van der Waals surface area contributed by atoms with Crippen molar-refractivity contribution in [3.8, 4) is 0 Å². The maximum atomic E-state index is 12.3. The first-order valence-corrected chi connectivity index (χ1v) is 8.57. The Morgan fingerprint density at radius 2 is 2.00 bits per heavy atom. The van der Waals surface area contributed by atoms with Gasteiger partial charge in [0, 0.05) is 24.8 Å². The van der Waals surface area contributed by atoms with Gasteiger partial charge in [-0.2, -0.15) is 17.4 Å². The number of rotatable bonds is 5. The van der Waals surface area contributed by atoms with Gasteiger partial charge in [0.05, 0.1) is 0 Å². The SMILES string of the molecule is CCN(CC)S(=O)(=O)NC1CCCc2cc(N)ccc21.Cl. The second kappa shape index (κ2) is 7.45. The van der Waals surface area contributed by atoms with Crippen LogP contribution in [-0.4, -0.2) is 25.8 Å². The van der Waals surface area contributed by atoms with E-state index in [0.717, 1.165) is 36.1 Å². The topological polar surface area (TPSA) is 75.4 Å². The molecular weight excluding hydrogens is 310 g/mol. The van der Waals surface area contributed by atoms with E-state index < -0.39 is 10.2 Å². The van der Waals surface area contributed by atoms with E-state index in [0.29, 0.717) is 13.1 Å². The smallest absolute Gasteiger partial charge is 0.279 e. The Hall–Kier alpha value is -0.820. The molecule has 0 heterocycles. The first-order chi connectivity index (χ1) is 9.47. The van der Waals surface area contributed by atoms with Crippen LogP contribution in [0, 0.1) is 0 Å². The third-order valence-corrected chi connectivity index (χ3v) is 5.60. The van der Waals surface area contributed by atoms with Gasteiger partial charge in [-0.05, 0) is 42.5 Å². The summed E-state index contributed by atoms with van der Waals surface area (Å²) >= 11 is 0. The van der Waals surface area contributed by atoms with Crippen LogP contribution in [0.15, 0.2) is 18.2 Å². The summed E-state index contributed by atoms with van der Waals surface area (Å²) in [5.41, 5.74) is 8.74. The highest BCUT2D eigenvalue weighted by atomic mass is 35.5. The number of benzene rings is 1. The molecule has 1 unspecified atom stereocenters. The third-order valence-electron chi connectivity index (χ3n) is 3.82. The minimum Gasteiger partial charge on any atom is -0.399 e. The van der Waals surface area contributed by atoms with E-state index in [4.69, 9.17) is 5.73 Å². The highest BCUT2D eigenvalue weighted by Crippen LogP contribution is 2.31. The normalized spacial score (nSPS) is 18.1. The van der Waals surface area contributed by atoms with Crippen molar-refractivity contribution in [1.29, 1.82) is 0 Å². The number of nitrogen functional groups attached to an aromatic ring is 1. The Balaban J connectivity index is 0.00000220. The van der Waals surface area contributed by atoms with Gasteiger partial charge in [-0.1, -0.05) is 19.9 Å². The average molecular weight is 334 g/mol. The zero-order valence-electron chi connectivity index (χ0n) is 12.5. The van der Waals surface area contributed by atoms with Crippen LogP contribution in [0.5, 0.6) is 0 Å². The molecule has 0 spiro atoms. The van der Waals surface area contributed by atoms with E-state index >= 15 is 0 Å². The lowest BCUT2D eigenvalue weighted by Gasteiger charge is -2.29.